The van der Waals surface area contributed by atoms with Crippen molar-refractivity contribution in [2.24, 2.45) is 5.92 Å². The Labute approximate surface area is 143 Å². The molecule has 0 radical (unpaired) electrons. The lowest BCUT2D eigenvalue weighted by Gasteiger charge is -2.30. The van der Waals surface area contributed by atoms with Gasteiger partial charge >= 0.3 is 0 Å². The molecule has 0 aliphatic carbocycles. The molecule has 1 aromatic heterocycles. The fourth-order valence-electron chi connectivity index (χ4n) is 2.76. The average molecular weight is 327 g/mol. The Balaban J connectivity index is 1.66. The second kappa shape index (κ2) is 7.47. The number of benzene rings is 1. The number of nitrogens with zero attached hydrogens (tertiary/aromatic N) is 4. The van der Waals surface area contributed by atoms with Crippen molar-refractivity contribution in [2.75, 3.05) is 23.3 Å². The molecule has 6 heteroatoms. The van der Waals surface area contributed by atoms with E-state index in [4.69, 9.17) is 4.74 Å². The van der Waals surface area contributed by atoms with E-state index in [-0.39, 0.29) is 6.10 Å². The zero-order chi connectivity index (χ0) is 16.9. The third-order valence-electron chi connectivity index (χ3n) is 4.14. The fourth-order valence-corrected chi connectivity index (χ4v) is 2.76. The van der Waals surface area contributed by atoms with Crippen molar-refractivity contribution in [2.45, 2.75) is 39.7 Å². The number of aromatic nitrogens is 3. The molecule has 1 saturated heterocycles. The molecule has 1 N–H and O–H groups in total. The van der Waals surface area contributed by atoms with E-state index >= 15 is 0 Å². The van der Waals surface area contributed by atoms with Gasteiger partial charge in [-0.25, -0.2) is 0 Å². The van der Waals surface area contributed by atoms with Crippen LogP contribution in [0.5, 0.6) is 5.75 Å². The van der Waals surface area contributed by atoms with Crippen molar-refractivity contribution in [3.05, 3.63) is 30.5 Å². The number of anilines is 3. The molecule has 1 aliphatic rings. The highest BCUT2D eigenvalue weighted by molar-refractivity contribution is 5.55. The summed E-state index contributed by atoms with van der Waals surface area (Å²) in [6, 6.07) is 7.78. The number of piperidine rings is 1. The highest BCUT2D eigenvalue weighted by atomic mass is 16.5. The number of rotatable bonds is 5. The minimum absolute atomic E-state index is 0.167. The van der Waals surface area contributed by atoms with Crippen LogP contribution in [0.25, 0.3) is 0 Å². The summed E-state index contributed by atoms with van der Waals surface area (Å²) in [5, 5.41) is 11.4. The molecule has 6 nitrogen and oxygen atoms in total. The fraction of sp³-hybridized carbons (Fsp3) is 0.500. The van der Waals surface area contributed by atoms with Crippen LogP contribution < -0.4 is 15.0 Å². The van der Waals surface area contributed by atoms with E-state index in [0.717, 1.165) is 36.3 Å². The van der Waals surface area contributed by atoms with Gasteiger partial charge in [-0.15, -0.1) is 5.10 Å². The lowest BCUT2D eigenvalue weighted by atomic mass is 9.99. The van der Waals surface area contributed by atoms with Crippen LogP contribution in [0, 0.1) is 5.92 Å². The van der Waals surface area contributed by atoms with Crippen molar-refractivity contribution in [3.63, 3.8) is 0 Å². The van der Waals surface area contributed by atoms with Crippen molar-refractivity contribution in [1.82, 2.24) is 15.2 Å². The Morgan fingerprint density at radius 1 is 1.17 bits per heavy atom. The molecule has 1 aromatic carbocycles. The van der Waals surface area contributed by atoms with Gasteiger partial charge < -0.3 is 15.0 Å². The molecule has 0 atom stereocenters. The Kier molecular flexibility index (Phi) is 5.13. The van der Waals surface area contributed by atoms with Crippen LogP contribution in [0.2, 0.25) is 0 Å². The molecule has 0 spiro atoms. The predicted molar refractivity (Wildman–Crippen MR) is 95.9 cm³/mol. The topological polar surface area (TPSA) is 63.2 Å². The first-order valence-electron chi connectivity index (χ1n) is 8.58. The van der Waals surface area contributed by atoms with Crippen LogP contribution in [0.1, 0.15) is 33.6 Å². The number of hydrogen-bond donors (Lipinski definition) is 1. The van der Waals surface area contributed by atoms with Crippen LogP contribution in [0.3, 0.4) is 0 Å². The highest BCUT2D eigenvalue weighted by Crippen LogP contribution is 2.23. The SMILES string of the molecule is CC1CCN(c2cnnc(Nc3ccc(OC(C)C)cc3)n2)CC1. The van der Waals surface area contributed by atoms with Crippen LogP contribution in [-0.4, -0.2) is 34.4 Å². The average Bonchev–Trinajstić information content (AvgIpc) is 2.57. The summed E-state index contributed by atoms with van der Waals surface area (Å²) in [7, 11) is 0. The maximum Gasteiger partial charge on any atom is 0.249 e. The number of hydrogen-bond acceptors (Lipinski definition) is 6. The monoisotopic (exact) mass is 327 g/mol. The molecule has 1 aliphatic heterocycles. The van der Waals surface area contributed by atoms with E-state index in [9.17, 15) is 0 Å². The smallest absolute Gasteiger partial charge is 0.249 e. The number of ether oxygens (including phenoxy) is 1. The van der Waals surface area contributed by atoms with E-state index in [1.165, 1.54) is 12.8 Å². The summed E-state index contributed by atoms with van der Waals surface area (Å²) in [5.74, 6) is 3.05. The Morgan fingerprint density at radius 3 is 2.54 bits per heavy atom. The Morgan fingerprint density at radius 2 is 1.88 bits per heavy atom. The van der Waals surface area contributed by atoms with Crippen LogP contribution >= 0.6 is 0 Å². The van der Waals surface area contributed by atoms with E-state index in [2.05, 4.69) is 32.3 Å². The zero-order valence-corrected chi connectivity index (χ0v) is 14.6. The normalized spacial score (nSPS) is 15.6. The lowest BCUT2D eigenvalue weighted by molar-refractivity contribution is 0.242. The van der Waals surface area contributed by atoms with Crippen molar-refractivity contribution < 1.29 is 4.74 Å². The molecule has 128 valence electrons. The Bertz CT molecular complexity index is 651. The number of nitrogens with one attached hydrogen (secondary N) is 1. The molecule has 0 bridgehead atoms. The van der Waals surface area contributed by atoms with Gasteiger partial charge in [-0.05, 0) is 56.9 Å². The van der Waals surface area contributed by atoms with E-state index in [1.54, 1.807) is 6.20 Å². The van der Waals surface area contributed by atoms with E-state index in [1.807, 2.05) is 38.1 Å². The summed E-state index contributed by atoms with van der Waals surface area (Å²) in [6.07, 6.45) is 4.30. The molecule has 1 fully saturated rings. The third-order valence-corrected chi connectivity index (χ3v) is 4.14. The summed E-state index contributed by atoms with van der Waals surface area (Å²) in [4.78, 5) is 6.87. The van der Waals surface area contributed by atoms with Crippen molar-refractivity contribution in [3.8, 4) is 5.75 Å². The van der Waals surface area contributed by atoms with Gasteiger partial charge in [0, 0.05) is 18.8 Å². The maximum absolute atomic E-state index is 5.65. The molecule has 3 rings (SSSR count). The summed E-state index contributed by atoms with van der Waals surface area (Å²) >= 11 is 0. The quantitative estimate of drug-likeness (QED) is 0.904. The van der Waals surface area contributed by atoms with Crippen molar-refractivity contribution >= 4 is 17.5 Å². The minimum atomic E-state index is 0.167. The van der Waals surface area contributed by atoms with Gasteiger partial charge in [0.15, 0.2) is 5.82 Å². The molecule has 24 heavy (non-hydrogen) atoms. The molecule has 0 amide bonds. The van der Waals surface area contributed by atoms with Gasteiger partial charge in [0.25, 0.3) is 0 Å². The molecule has 0 unspecified atom stereocenters. The lowest BCUT2D eigenvalue weighted by Crippen LogP contribution is -2.33. The van der Waals surface area contributed by atoms with Crippen LogP contribution in [0.4, 0.5) is 17.5 Å². The zero-order valence-electron chi connectivity index (χ0n) is 14.6. The first kappa shape index (κ1) is 16.5. The standard InChI is InChI=1S/C18H25N5O/c1-13(2)24-16-6-4-15(5-7-16)20-18-21-17(12-19-22-18)23-10-8-14(3)9-11-23/h4-7,12-14H,8-11H2,1-3H3,(H,20,21,22). The first-order chi connectivity index (χ1) is 11.6. The molecular weight excluding hydrogens is 302 g/mol. The van der Waals surface area contributed by atoms with Gasteiger partial charge in [0.1, 0.15) is 5.75 Å². The summed E-state index contributed by atoms with van der Waals surface area (Å²) < 4.78 is 5.65. The second-order valence-corrected chi connectivity index (χ2v) is 6.62. The highest BCUT2D eigenvalue weighted by Gasteiger charge is 2.17. The second-order valence-electron chi connectivity index (χ2n) is 6.62. The molecule has 0 saturated carbocycles. The summed E-state index contributed by atoms with van der Waals surface area (Å²) in [5.41, 5.74) is 0.914. The van der Waals surface area contributed by atoms with Gasteiger partial charge in [-0.1, -0.05) is 6.92 Å². The molecule has 2 heterocycles. The largest absolute Gasteiger partial charge is 0.491 e. The van der Waals surface area contributed by atoms with Crippen LogP contribution in [-0.2, 0) is 0 Å². The van der Waals surface area contributed by atoms with E-state index in [0.29, 0.717) is 5.95 Å². The van der Waals surface area contributed by atoms with Crippen LogP contribution in [0.15, 0.2) is 30.5 Å². The Hall–Kier alpha value is -2.37. The molecular formula is C18H25N5O. The van der Waals surface area contributed by atoms with Gasteiger partial charge in [-0.3, -0.25) is 0 Å². The third kappa shape index (κ3) is 4.34. The van der Waals surface area contributed by atoms with Gasteiger partial charge in [0.05, 0.1) is 12.3 Å². The predicted octanol–water partition coefficient (Wildman–Crippen LogP) is 3.64. The minimum Gasteiger partial charge on any atom is -0.491 e. The summed E-state index contributed by atoms with van der Waals surface area (Å²) in [6.45, 7) is 8.38. The van der Waals surface area contributed by atoms with E-state index < -0.39 is 0 Å². The molecule has 2 aromatic rings. The first-order valence-corrected chi connectivity index (χ1v) is 8.58. The van der Waals surface area contributed by atoms with Crippen molar-refractivity contribution in [1.29, 1.82) is 0 Å². The van der Waals surface area contributed by atoms with Gasteiger partial charge in [0.2, 0.25) is 5.95 Å². The maximum atomic E-state index is 5.65. The van der Waals surface area contributed by atoms with Gasteiger partial charge in [-0.2, -0.15) is 10.1 Å².